The molecule has 8 heteroatoms. The third-order valence-corrected chi connectivity index (χ3v) is 6.55. The maximum atomic E-state index is 13.1. The van der Waals surface area contributed by atoms with E-state index in [4.69, 9.17) is 0 Å². The molecule has 0 fully saturated rings. The van der Waals surface area contributed by atoms with Gasteiger partial charge in [-0.25, -0.2) is 9.66 Å². The first-order valence-electron chi connectivity index (χ1n) is 9.47. The third-order valence-electron chi connectivity index (χ3n) is 4.55. The van der Waals surface area contributed by atoms with E-state index in [1.807, 2.05) is 55.5 Å². The van der Waals surface area contributed by atoms with Gasteiger partial charge in [0.25, 0.3) is 5.56 Å². The summed E-state index contributed by atoms with van der Waals surface area (Å²) in [5, 5.41) is 0.538. The van der Waals surface area contributed by atoms with Crippen LogP contribution in [0.1, 0.15) is 17.0 Å². The van der Waals surface area contributed by atoms with Gasteiger partial charge in [-0.2, -0.15) is 11.8 Å². The number of fused-ring (bicyclic) bond motifs is 1. The van der Waals surface area contributed by atoms with Gasteiger partial charge in [0.15, 0.2) is 0 Å². The molecule has 0 saturated carbocycles. The fourth-order valence-electron chi connectivity index (χ4n) is 3.15. The molecule has 0 bridgehead atoms. The van der Waals surface area contributed by atoms with Gasteiger partial charge in [0.05, 0.1) is 11.1 Å². The van der Waals surface area contributed by atoms with E-state index in [0.717, 1.165) is 27.5 Å². The monoisotopic (exact) mass is 436 g/mol. The molecule has 0 radical (unpaired) electrons. The molecule has 1 N–H and O–H groups in total. The van der Waals surface area contributed by atoms with Gasteiger partial charge in [0, 0.05) is 34.6 Å². The van der Waals surface area contributed by atoms with E-state index in [2.05, 4.69) is 15.4 Å². The highest BCUT2D eigenvalue weighted by atomic mass is 32.2. The van der Waals surface area contributed by atoms with E-state index >= 15 is 0 Å². The first kappa shape index (κ1) is 20.3. The van der Waals surface area contributed by atoms with Crippen LogP contribution in [0.15, 0.2) is 65.8 Å². The molecule has 0 aliphatic heterocycles. The van der Waals surface area contributed by atoms with Crippen LogP contribution in [-0.2, 0) is 10.5 Å². The van der Waals surface area contributed by atoms with Gasteiger partial charge in [0.1, 0.15) is 11.2 Å². The van der Waals surface area contributed by atoms with Crippen LogP contribution in [0.3, 0.4) is 0 Å². The maximum absolute atomic E-state index is 13.1. The van der Waals surface area contributed by atoms with Crippen molar-refractivity contribution in [3.63, 3.8) is 0 Å². The zero-order valence-corrected chi connectivity index (χ0v) is 18.0. The quantitative estimate of drug-likeness (QED) is 0.439. The second kappa shape index (κ2) is 9.23. The molecular weight excluding hydrogens is 416 g/mol. The van der Waals surface area contributed by atoms with Crippen LogP contribution in [0, 0.1) is 6.92 Å². The summed E-state index contributed by atoms with van der Waals surface area (Å²) in [6.07, 6.45) is 3.44. The van der Waals surface area contributed by atoms with Gasteiger partial charge in [-0.05, 0) is 24.6 Å². The van der Waals surface area contributed by atoms with Crippen molar-refractivity contribution in [1.82, 2.24) is 14.6 Å². The number of carbonyl (C=O) groups is 1. The molecule has 3 heterocycles. The van der Waals surface area contributed by atoms with Crippen LogP contribution in [0.25, 0.3) is 21.3 Å². The second-order valence-corrected chi connectivity index (χ2v) is 8.97. The van der Waals surface area contributed by atoms with Crippen LogP contribution in [0.5, 0.6) is 0 Å². The van der Waals surface area contributed by atoms with Gasteiger partial charge >= 0.3 is 0 Å². The van der Waals surface area contributed by atoms with Gasteiger partial charge in [-0.15, -0.1) is 11.3 Å². The highest BCUT2D eigenvalue weighted by Crippen LogP contribution is 2.35. The fourth-order valence-corrected chi connectivity index (χ4v) is 5.01. The summed E-state index contributed by atoms with van der Waals surface area (Å²) in [6, 6.07) is 15.6. The number of rotatable bonds is 7. The number of aryl methyl sites for hydroxylation is 1. The fraction of sp³-hybridized carbons (Fsp3) is 0.182. The zero-order chi connectivity index (χ0) is 20.9. The van der Waals surface area contributed by atoms with Crippen molar-refractivity contribution in [3.05, 3.63) is 82.0 Å². The maximum Gasteiger partial charge on any atom is 0.281 e. The van der Waals surface area contributed by atoms with Crippen LogP contribution in [0.4, 0.5) is 0 Å². The zero-order valence-electron chi connectivity index (χ0n) is 16.4. The lowest BCUT2D eigenvalue weighted by atomic mass is 10.0. The Hall–Kier alpha value is -2.97. The minimum atomic E-state index is -0.266. The number of hydrogen-bond acceptors (Lipinski definition) is 6. The van der Waals surface area contributed by atoms with Crippen LogP contribution >= 0.6 is 23.1 Å². The van der Waals surface area contributed by atoms with E-state index < -0.39 is 0 Å². The number of benzene rings is 1. The van der Waals surface area contributed by atoms with Crippen molar-refractivity contribution in [2.75, 3.05) is 11.2 Å². The van der Waals surface area contributed by atoms with Crippen LogP contribution < -0.4 is 11.0 Å². The Labute approximate surface area is 182 Å². The molecule has 4 rings (SSSR count). The molecule has 3 aromatic heterocycles. The van der Waals surface area contributed by atoms with Crippen molar-refractivity contribution in [3.8, 4) is 11.1 Å². The molecule has 0 aliphatic carbocycles. The topological polar surface area (TPSA) is 76.9 Å². The standard InChI is InChI=1S/C22H20N4O2S2/c1-15-19(16-7-3-2-4-8-16)20-21(30-15)24-14-26(22(20)28)25-18(27)10-12-29-13-17-9-5-6-11-23-17/h2-9,11,14H,10,12-13H2,1H3,(H,25,27). The minimum Gasteiger partial charge on any atom is -0.273 e. The Bertz CT molecular complexity index is 1220. The number of nitrogens with zero attached hydrogens (tertiary/aromatic N) is 3. The summed E-state index contributed by atoms with van der Waals surface area (Å²) in [5.41, 5.74) is 5.23. The smallest absolute Gasteiger partial charge is 0.273 e. The summed E-state index contributed by atoms with van der Waals surface area (Å²) < 4.78 is 1.19. The number of nitrogens with one attached hydrogen (secondary N) is 1. The molecule has 30 heavy (non-hydrogen) atoms. The van der Waals surface area contributed by atoms with Crippen molar-refractivity contribution < 1.29 is 4.79 Å². The number of aromatic nitrogens is 3. The van der Waals surface area contributed by atoms with Crippen molar-refractivity contribution in [2.24, 2.45) is 0 Å². The largest absolute Gasteiger partial charge is 0.281 e. The highest BCUT2D eigenvalue weighted by molar-refractivity contribution is 7.98. The summed E-state index contributed by atoms with van der Waals surface area (Å²) in [6.45, 7) is 1.98. The normalized spacial score (nSPS) is 11.0. The lowest BCUT2D eigenvalue weighted by molar-refractivity contribution is -0.116. The lowest BCUT2D eigenvalue weighted by Crippen LogP contribution is -2.33. The minimum absolute atomic E-state index is 0.222. The summed E-state index contributed by atoms with van der Waals surface area (Å²) in [7, 11) is 0. The van der Waals surface area contributed by atoms with Crippen LogP contribution in [-0.4, -0.2) is 26.3 Å². The molecule has 0 spiro atoms. The summed E-state index contributed by atoms with van der Waals surface area (Å²) in [4.78, 5) is 35.8. The number of hydrogen-bond donors (Lipinski definition) is 1. The lowest BCUT2D eigenvalue weighted by Gasteiger charge is -2.08. The van der Waals surface area contributed by atoms with Gasteiger partial charge < -0.3 is 0 Å². The molecule has 0 saturated heterocycles. The van der Waals surface area contributed by atoms with Crippen molar-refractivity contribution >= 4 is 39.2 Å². The van der Waals surface area contributed by atoms with Crippen molar-refractivity contribution in [2.45, 2.75) is 19.1 Å². The van der Waals surface area contributed by atoms with E-state index in [1.54, 1.807) is 18.0 Å². The molecule has 0 atom stereocenters. The number of thioether (sulfide) groups is 1. The summed E-state index contributed by atoms with van der Waals surface area (Å²) >= 11 is 3.11. The molecule has 1 amide bonds. The number of carbonyl (C=O) groups excluding carboxylic acids is 1. The molecule has 4 aromatic rings. The molecular formula is C22H20N4O2S2. The predicted molar refractivity (Wildman–Crippen MR) is 123 cm³/mol. The molecule has 6 nitrogen and oxygen atoms in total. The second-order valence-electron chi connectivity index (χ2n) is 6.66. The van der Waals surface area contributed by atoms with E-state index in [9.17, 15) is 9.59 Å². The van der Waals surface area contributed by atoms with E-state index in [-0.39, 0.29) is 11.5 Å². The van der Waals surface area contributed by atoms with Gasteiger partial charge in [0.2, 0.25) is 5.91 Å². The molecule has 0 unspecified atom stereocenters. The van der Waals surface area contributed by atoms with E-state index in [0.29, 0.717) is 22.4 Å². The predicted octanol–water partition coefficient (Wildman–Crippen LogP) is 4.22. The van der Waals surface area contributed by atoms with Crippen molar-refractivity contribution in [1.29, 1.82) is 0 Å². The molecule has 1 aromatic carbocycles. The Kier molecular flexibility index (Phi) is 6.25. The first-order valence-corrected chi connectivity index (χ1v) is 11.4. The molecule has 152 valence electrons. The Morgan fingerprint density at radius 2 is 1.93 bits per heavy atom. The number of thiophene rings is 1. The average Bonchev–Trinajstić information content (AvgIpc) is 3.11. The number of amides is 1. The van der Waals surface area contributed by atoms with Crippen LogP contribution in [0.2, 0.25) is 0 Å². The Balaban J connectivity index is 1.47. The highest BCUT2D eigenvalue weighted by Gasteiger charge is 2.17. The third kappa shape index (κ3) is 4.44. The Morgan fingerprint density at radius 1 is 1.13 bits per heavy atom. The van der Waals surface area contributed by atoms with Gasteiger partial charge in [-0.1, -0.05) is 36.4 Å². The first-order chi connectivity index (χ1) is 14.6. The summed E-state index contributed by atoms with van der Waals surface area (Å²) in [5.74, 6) is 1.16. The SMILES string of the molecule is Cc1sc2ncn(NC(=O)CCSCc3ccccn3)c(=O)c2c1-c1ccccc1. The molecule has 0 aliphatic rings. The van der Waals surface area contributed by atoms with E-state index in [1.165, 1.54) is 22.3 Å². The Morgan fingerprint density at radius 3 is 2.70 bits per heavy atom. The van der Waals surface area contributed by atoms with Gasteiger partial charge in [-0.3, -0.25) is 20.0 Å². The average molecular weight is 437 g/mol. The number of pyridine rings is 1.